The third kappa shape index (κ3) is 4.65. The Morgan fingerprint density at radius 2 is 1.96 bits per heavy atom. The molecule has 0 spiro atoms. The third-order valence-electron chi connectivity index (χ3n) is 6.61. The van der Waals surface area contributed by atoms with Gasteiger partial charge in [0, 0.05) is 37.4 Å². The molecule has 0 N–H and O–H groups in total. The van der Waals surface area contributed by atoms with Crippen molar-refractivity contribution < 1.29 is 4.79 Å². The number of hydrogen-bond acceptors (Lipinski definition) is 2. The molecule has 25 heavy (non-hydrogen) atoms. The summed E-state index contributed by atoms with van der Waals surface area (Å²) in [7, 11) is 0. The average molecular weight is 346 g/mol. The Kier molecular flexibility index (Phi) is 6.55. The van der Waals surface area contributed by atoms with E-state index in [1.165, 1.54) is 38.5 Å². The zero-order chi connectivity index (χ0) is 17.6. The van der Waals surface area contributed by atoms with Crippen molar-refractivity contribution in [3.63, 3.8) is 0 Å². The second-order valence-corrected chi connectivity index (χ2v) is 8.26. The summed E-state index contributed by atoms with van der Waals surface area (Å²) in [5.74, 6) is 1.96. The minimum Gasteiger partial charge on any atom is -0.340 e. The quantitative estimate of drug-likeness (QED) is 0.677. The molecule has 4 nitrogen and oxygen atoms in total. The minimum atomic E-state index is 0.376. The van der Waals surface area contributed by atoms with Crippen molar-refractivity contribution in [1.29, 1.82) is 0 Å². The molecule has 1 saturated heterocycles. The van der Waals surface area contributed by atoms with E-state index in [9.17, 15) is 4.79 Å². The minimum absolute atomic E-state index is 0.376. The summed E-state index contributed by atoms with van der Waals surface area (Å²) in [6.45, 7) is 5.64. The first kappa shape index (κ1) is 18.5. The smallest absolute Gasteiger partial charge is 0.222 e. The molecule has 2 aliphatic rings. The van der Waals surface area contributed by atoms with E-state index >= 15 is 0 Å². The predicted octanol–water partition coefficient (Wildman–Crippen LogP) is 4.82. The fourth-order valence-corrected chi connectivity index (χ4v) is 5.03. The maximum atomic E-state index is 12.4. The van der Waals surface area contributed by atoms with Gasteiger partial charge in [-0.1, -0.05) is 46.0 Å². The number of rotatable bonds is 8. The van der Waals surface area contributed by atoms with Gasteiger partial charge in [-0.15, -0.1) is 0 Å². The number of imidazole rings is 1. The Morgan fingerprint density at radius 1 is 1.16 bits per heavy atom. The SMILES string of the molecule is CCC(CC(CC(C)C1CCCCC1)N1CCCC1=O)n1ccnc1. The predicted molar refractivity (Wildman–Crippen MR) is 101 cm³/mol. The van der Waals surface area contributed by atoms with Crippen LogP contribution in [0.5, 0.6) is 0 Å². The molecule has 0 aromatic carbocycles. The molecular weight excluding hydrogens is 310 g/mol. The van der Waals surface area contributed by atoms with Crippen LogP contribution in [0.2, 0.25) is 0 Å². The first-order chi connectivity index (χ1) is 12.2. The van der Waals surface area contributed by atoms with Gasteiger partial charge < -0.3 is 9.47 Å². The molecule has 1 aromatic heterocycles. The van der Waals surface area contributed by atoms with Gasteiger partial charge in [0.25, 0.3) is 0 Å². The number of hydrogen-bond donors (Lipinski definition) is 0. The summed E-state index contributed by atoms with van der Waals surface area (Å²) < 4.78 is 2.23. The first-order valence-corrected chi connectivity index (χ1v) is 10.5. The largest absolute Gasteiger partial charge is 0.340 e. The van der Waals surface area contributed by atoms with Crippen LogP contribution in [0.3, 0.4) is 0 Å². The molecule has 2 heterocycles. The van der Waals surface area contributed by atoms with Crippen LogP contribution in [0.15, 0.2) is 18.7 Å². The Morgan fingerprint density at radius 3 is 2.56 bits per heavy atom. The molecular formula is C21H35N3O. The number of carbonyl (C=O) groups excluding carboxylic acids is 1. The van der Waals surface area contributed by atoms with Gasteiger partial charge in [0.2, 0.25) is 5.91 Å². The highest BCUT2D eigenvalue weighted by Gasteiger charge is 2.32. The van der Waals surface area contributed by atoms with Crippen LogP contribution in [0.25, 0.3) is 0 Å². The lowest BCUT2D eigenvalue weighted by Crippen LogP contribution is -2.40. The lowest BCUT2D eigenvalue weighted by atomic mass is 9.77. The molecule has 1 amide bonds. The lowest BCUT2D eigenvalue weighted by molar-refractivity contribution is -0.130. The maximum absolute atomic E-state index is 12.4. The van der Waals surface area contributed by atoms with E-state index in [1.54, 1.807) is 0 Å². The fraction of sp³-hybridized carbons (Fsp3) is 0.810. The van der Waals surface area contributed by atoms with Gasteiger partial charge in [-0.3, -0.25) is 4.79 Å². The van der Waals surface area contributed by atoms with Crippen LogP contribution >= 0.6 is 0 Å². The number of aromatic nitrogens is 2. The fourth-order valence-electron chi connectivity index (χ4n) is 5.03. The van der Waals surface area contributed by atoms with E-state index in [0.29, 0.717) is 18.0 Å². The van der Waals surface area contributed by atoms with Crippen molar-refractivity contribution >= 4 is 5.91 Å². The molecule has 1 saturated carbocycles. The number of nitrogens with zero attached hydrogens (tertiary/aromatic N) is 3. The summed E-state index contributed by atoms with van der Waals surface area (Å²) in [6.07, 6.45) is 18.0. The Labute approximate surface area is 153 Å². The molecule has 2 fully saturated rings. The molecule has 1 aliphatic carbocycles. The van der Waals surface area contributed by atoms with E-state index in [-0.39, 0.29) is 0 Å². The van der Waals surface area contributed by atoms with Gasteiger partial charge in [0.1, 0.15) is 0 Å². The Bertz CT molecular complexity index is 521. The molecule has 3 unspecified atom stereocenters. The Balaban J connectivity index is 1.69. The molecule has 0 bridgehead atoms. The van der Waals surface area contributed by atoms with Crippen LogP contribution in [0.4, 0.5) is 0 Å². The number of carbonyl (C=O) groups is 1. The van der Waals surface area contributed by atoms with Crippen LogP contribution in [-0.2, 0) is 4.79 Å². The van der Waals surface area contributed by atoms with E-state index < -0.39 is 0 Å². The zero-order valence-corrected chi connectivity index (χ0v) is 16.1. The second-order valence-electron chi connectivity index (χ2n) is 8.26. The molecule has 4 heteroatoms. The molecule has 1 aliphatic heterocycles. The lowest BCUT2D eigenvalue weighted by Gasteiger charge is -2.36. The highest BCUT2D eigenvalue weighted by atomic mass is 16.2. The van der Waals surface area contributed by atoms with Gasteiger partial charge in [0.15, 0.2) is 0 Å². The van der Waals surface area contributed by atoms with Crippen LogP contribution in [-0.4, -0.2) is 32.9 Å². The van der Waals surface area contributed by atoms with Gasteiger partial charge in [-0.25, -0.2) is 4.98 Å². The highest BCUT2D eigenvalue weighted by Crippen LogP contribution is 2.35. The average Bonchev–Trinajstić information content (AvgIpc) is 3.31. The standard InChI is InChI=1S/C21H35N3O/c1-3-19(23-13-11-22-16-23)15-20(24-12-7-10-21(24)25)14-17(2)18-8-5-4-6-9-18/h11,13,16-20H,3-10,12,14-15H2,1-2H3. The van der Waals surface area contributed by atoms with Gasteiger partial charge in [0.05, 0.1) is 6.33 Å². The molecule has 1 aromatic rings. The Hall–Kier alpha value is -1.32. The first-order valence-electron chi connectivity index (χ1n) is 10.5. The third-order valence-corrected chi connectivity index (χ3v) is 6.61. The van der Waals surface area contributed by atoms with Crippen molar-refractivity contribution in [3.05, 3.63) is 18.7 Å². The van der Waals surface area contributed by atoms with Gasteiger partial charge >= 0.3 is 0 Å². The summed E-state index contributed by atoms with van der Waals surface area (Å²) >= 11 is 0. The summed E-state index contributed by atoms with van der Waals surface area (Å²) in [5, 5.41) is 0. The zero-order valence-electron chi connectivity index (χ0n) is 16.1. The molecule has 3 rings (SSSR count). The molecule has 0 radical (unpaired) electrons. The van der Waals surface area contributed by atoms with Crippen molar-refractivity contribution in [2.45, 2.75) is 90.1 Å². The van der Waals surface area contributed by atoms with Crippen LogP contribution < -0.4 is 0 Å². The molecule has 3 atom stereocenters. The summed E-state index contributed by atoms with van der Waals surface area (Å²) in [6, 6.07) is 0.832. The highest BCUT2D eigenvalue weighted by molar-refractivity contribution is 5.78. The van der Waals surface area contributed by atoms with Crippen molar-refractivity contribution in [2.24, 2.45) is 11.8 Å². The molecule has 140 valence electrons. The van der Waals surface area contributed by atoms with Crippen LogP contribution in [0, 0.1) is 11.8 Å². The summed E-state index contributed by atoms with van der Waals surface area (Å²) in [5.41, 5.74) is 0. The van der Waals surface area contributed by atoms with E-state index in [2.05, 4.69) is 34.5 Å². The number of amides is 1. The van der Waals surface area contributed by atoms with Gasteiger partial charge in [-0.2, -0.15) is 0 Å². The van der Waals surface area contributed by atoms with Crippen molar-refractivity contribution in [1.82, 2.24) is 14.5 Å². The second kappa shape index (κ2) is 8.86. The van der Waals surface area contributed by atoms with Crippen molar-refractivity contribution in [2.75, 3.05) is 6.54 Å². The normalized spacial score (nSPS) is 23.0. The monoisotopic (exact) mass is 345 g/mol. The maximum Gasteiger partial charge on any atom is 0.222 e. The number of likely N-dealkylation sites (tertiary alicyclic amines) is 1. The van der Waals surface area contributed by atoms with Crippen LogP contribution in [0.1, 0.15) is 84.1 Å². The summed E-state index contributed by atoms with van der Waals surface area (Å²) in [4.78, 5) is 18.9. The topological polar surface area (TPSA) is 38.1 Å². The van der Waals surface area contributed by atoms with Crippen molar-refractivity contribution in [3.8, 4) is 0 Å². The van der Waals surface area contributed by atoms with E-state index in [1.807, 2.05) is 12.5 Å². The van der Waals surface area contributed by atoms with Gasteiger partial charge in [-0.05, 0) is 37.5 Å². The van der Waals surface area contributed by atoms with E-state index in [0.717, 1.165) is 44.1 Å². The van der Waals surface area contributed by atoms with E-state index in [4.69, 9.17) is 0 Å².